The average Bonchev–Trinajstić information content (AvgIpc) is 2.13. The van der Waals surface area contributed by atoms with Gasteiger partial charge in [0, 0.05) is 5.56 Å². The van der Waals surface area contributed by atoms with Crippen molar-refractivity contribution >= 4 is 5.97 Å². The Balaban J connectivity index is 2.95. The van der Waals surface area contributed by atoms with Gasteiger partial charge in [0.05, 0.1) is 0 Å². The van der Waals surface area contributed by atoms with Crippen molar-refractivity contribution in [3.63, 3.8) is 0 Å². The molecule has 5 heteroatoms. The molecule has 0 saturated heterocycles. The zero-order valence-electron chi connectivity index (χ0n) is 7.35. The number of carboxylic acid groups (broad SMARTS) is 1. The highest BCUT2D eigenvalue weighted by atomic mass is 19.2. The van der Waals surface area contributed by atoms with Crippen molar-refractivity contribution in [3.05, 3.63) is 35.1 Å². The van der Waals surface area contributed by atoms with E-state index in [0.29, 0.717) is 12.1 Å². The summed E-state index contributed by atoms with van der Waals surface area (Å²) in [6, 6.07) is 1.40. The molecule has 78 valence electrons. The highest BCUT2D eigenvalue weighted by Gasteiger charge is 2.08. The minimum Gasteiger partial charge on any atom is -0.481 e. The molecular formula is C10H5F3O2. The summed E-state index contributed by atoms with van der Waals surface area (Å²) in [5.41, 5.74) is -0.104. The van der Waals surface area contributed by atoms with Crippen molar-refractivity contribution in [2.75, 3.05) is 0 Å². The van der Waals surface area contributed by atoms with Crippen LogP contribution in [0.5, 0.6) is 0 Å². The van der Waals surface area contributed by atoms with Gasteiger partial charge in [-0.05, 0) is 12.1 Å². The molecule has 0 aromatic heterocycles. The van der Waals surface area contributed by atoms with E-state index in [9.17, 15) is 18.0 Å². The summed E-state index contributed by atoms with van der Waals surface area (Å²) < 4.78 is 37.7. The first-order chi connectivity index (χ1) is 7.00. The van der Waals surface area contributed by atoms with E-state index in [4.69, 9.17) is 5.11 Å². The van der Waals surface area contributed by atoms with Crippen LogP contribution in [0.25, 0.3) is 0 Å². The summed E-state index contributed by atoms with van der Waals surface area (Å²) in [7, 11) is 0. The van der Waals surface area contributed by atoms with E-state index >= 15 is 0 Å². The Kier molecular flexibility index (Phi) is 3.34. The smallest absolute Gasteiger partial charge is 0.315 e. The minimum atomic E-state index is -1.57. The summed E-state index contributed by atoms with van der Waals surface area (Å²) in [5.74, 6) is -1.05. The van der Waals surface area contributed by atoms with Gasteiger partial charge in [-0.2, -0.15) is 0 Å². The summed E-state index contributed by atoms with van der Waals surface area (Å²) >= 11 is 0. The molecule has 0 unspecified atom stereocenters. The maximum atomic E-state index is 12.6. The van der Waals surface area contributed by atoms with Gasteiger partial charge < -0.3 is 5.11 Å². The second-order valence-electron chi connectivity index (χ2n) is 2.63. The van der Waals surface area contributed by atoms with Crippen LogP contribution in [0.15, 0.2) is 12.1 Å². The molecule has 0 aliphatic rings. The van der Waals surface area contributed by atoms with E-state index in [1.807, 2.05) is 0 Å². The monoisotopic (exact) mass is 214 g/mol. The number of hydrogen-bond acceptors (Lipinski definition) is 1. The standard InChI is InChI=1S/C10H5F3O2/c11-7-4-6(2-1-3-9(14)15)5-8(12)10(7)13/h4-5H,3H2,(H,14,15). The van der Waals surface area contributed by atoms with Crippen LogP contribution in [-0.4, -0.2) is 11.1 Å². The lowest BCUT2D eigenvalue weighted by molar-refractivity contribution is -0.135. The number of aliphatic carboxylic acids is 1. The van der Waals surface area contributed by atoms with E-state index in [1.165, 1.54) is 0 Å². The van der Waals surface area contributed by atoms with Gasteiger partial charge in [0.2, 0.25) is 0 Å². The summed E-state index contributed by atoms with van der Waals surface area (Å²) in [5, 5.41) is 8.23. The first-order valence-electron chi connectivity index (χ1n) is 3.86. The molecule has 2 nitrogen and oxygen atoms in total. The molecule has 1 rings (SSSR count). The van der Waals surface area contributed by atoms with Crippen molar-refractivity contribution in [3.8, 4) is 11.8 Å². The number of hydrogen-bond donors (Lipinski definition) is 1. The normalized spacial score (nSPS) is 9.27. The molecule has 0 fully saturated rings. The lowest BCUT2D eigenvalue weighted by Gasteiger charge is -1.95. The predicted octanol–water partition coefficient (Wildman–Crippen LogP) is 1.93. The Labute approximate surface area is 83.3 Å². The van der Waals surface area contributed by atoms with Crippen LogP contribution >= 0.6 is 0 Å². The topological polar surface area (TPSA) is 37.3 Å². The third-order valence-electron chi connectivity index (χ3n) is 1.46. The molecule has 1 N–H and O–H groups in total. The second kappa shape index (κ2) is 4.51. The van der Waals surface area contributed by atoms with Crippen LogP contribution in [0.4, 0.5) is 13.2 Å². The number of carbonyl (C=O) groups is 1. The fraction of sp³-hybridized carbons (Fsp3) is 0.100. The number of carboxylic acids is 1. The van der Waals surface area contributed by atoms with Gasteiger partial charge in [-0.1, -0.05) is 11.8 Å². The predicted molar refractivity (Wildman–Crippen MR) is 45.4 cm³/mol. The van der Waals surface area contributed by atoms with Crippen LogP contribution in [0.1, 0.15) is 12.0 Å². The Bertz CT molecular complexity index is 434. The third-order valence-corrected chi connectivity index (χ3v) is 1.46. The molecule has 0 radical (unpaired) electrons. The van der Waals surface area contributed by atoms with E-state index in [1.54, 1.807) is 0 Å². The molecule has 0 atom stereocenters. The average molecular weight is 214 g/mol. The zero-order valence-corrected chi connectivity index (χ0v) is 7.35. The maximum absolute atomic E-state index is 12.6. The van der Waals surface area contributed by atoms with Crippen molar-refractivity contribution in [2.45, 2.75) is 6.42 Å². The second-order valence-corrected chi connectivity index (χ2v) is 2.63. The molecule has 0 aliphatic heterocycles. The molecule has 0 saturated carbocycles. The molecule has 0 bridgehead atoms. The fourth-order valence-electron chi connectivity index (χ4n) is 0.850. The summed E-state index contributed by atoms with van der Waals surface area (Å²) in [4.78, 5) is 10.1. The van der Waals surface area contributed by atoms with Gasteiger partial charge in [-0.15, -0.1) is 0 Å². The third kappa shape index (κ3) is 3.02. The lowest BCUT2D eigenvalue weighted by Crippen LogP contribution is -1.93. The van der Waals surface area contributed by atoms with E-state index in [2.05, 4.69) is 11.8 Å². The summed E-state index contributed by atoms with van der Waals surface area (Å²) in [6.07, 6.45) is -0.444. The van der Waals surface area contributed by atoms with E-state index in [-0.39, 0.29) is 5.56 Å². The molecular weight excluding hydrogens is 209 g/mol. The zero-order chi connectivity index (χ0) is 11.4. The lowest BCUT2D eigenvalue weighted by atomic mass is 10.2. The highest BCUT2D eigenvalue weighted by Crippen LogP contribution is 2.12. The number of rotatable bonds is 1. The van der Waals surface area contributed by atoms with Crippen molar-refractivity contribution < 1.29 is 23.1 Å². The molecule has 0 aliphatic carbocycles. The molecule has 0 spiro atoms. The fourth-order valence-corrected chi connectivity index (χ4v) is 0.850. The van der Waals surface area contributed by atoms with Crippen molar-refractivity contribution in [2.24, 2.45) is 0 Å². The SMILES string of the molecule is O=C(O)CC#Cc1cc(F)c(F)c(F)c1. The van der Waals surface area contributed by atoms with Crippen LogP contribution in [-0.2, 0) is 4.79 Å². The van der Waals surface area contributed by atoms with Crippen molar-refractivity contribution in [1.82, 2.24) is 0 Å². The quantitative estimate of drug-likeness (QED) is 0.572. The van der Waals surface area contributed by atoms with Crippen LogP contribution in [0.2, 0.25) is 0 Å². The first-order valence-corrected chi connectivity index (χ1v) is 3.86. The Morgan fingerprint density at radius 1 is 1.27 bits per heavy atom. The number of halogens is 3. The van der Waals surface area contributed by atoms with Gasteiger partial charge in [0.15, 0.2) is 17.5 Å². The largest absolute Gasteiger partial charge is 0.481 e. The van der Waals surface area contributed by atoms with E-state index < -0.39 is 29.8 Å². The van der Waals surface area contributed by atoms with Crippen molar-refractivity contribution in [1.29, 1.82) is 0 Å². The molecule has 0 amide bonds. The number of benzene rings is 1. The molecule has 0 heterocycles. The molecule has 1 aromatic carbocycles. The van der Waals surface area contributed by atoms with Gasteiger partial charge in [-0.25, -0.2) is 13.2 Å². The van der Waals surface area contributed by atoms with Gasteiger partial charge in [0.25, 0.3) is 0 Å². The van der Waals surface area contributed by atoms with Crippen LogP contribution in [0, 0.1) is 29.3 Å². The van der Waals surface area contributed by atoms with Gasteiger partial charge in [-0.3, -0.25) is 4.79 Å². The van der Waals surface area contributed by atoms with Crippen LogP contribution < -0.4 is 0 Å². The molecule has 15 heavy (non-hydrogen) atoms. The van der Waals surface area contributed by atoms with E-state index in [0.717, 1.165) is 0 Å². The Morgan fingerprint density at radius 2 is 1.80 bits per heavy atom. The Morgan fingerprint density at radius 3 is 2.27 bits per heavy atom. The van der Waals surface area contributed by atoms with Gasteiger partial charge >= 0.3 is 5.97 Å². The first kappa shape index (κ1) is 11.1. The summed E-state index contributed by atoms with van der Waals surface area (Å²) in [6.45, 7) is 0. The van der Waals surface area contributed by atoms with Gasteiger partial charge in [0.1, 0.15) is 6.42 Å². The highest BCUT2D eigenvalue weighted by molar-refractivity contribution is 5.70. The Hall–Kier alpha value is -1.96. The molecule has 1 aromatic rings. The minimum absolute atomic E-state index is 0.104. The maximum Gasteiger partial charge on any atom is 0.315 e. The van der Waals surface area contributed by atoms with Crippen LogP contribution in [0.3, 0.4) is 0 Å².